The lowest BCUT2D eigenvalue weighted by atomic mass is 10.2. The van der Waals surface area contributed by atoms with Gasteiger partial charge in [-0.2, -0.15) is 0 Å². The zero-order valence-corrected chi connectivity index (χ0v) is 12.1. The third-order valence-electron chi connectivity index (χ3n) is 3.74. The molecule has 2 aromatic rings. The van der Waals surface area contributed by atoms with Crippen LogP contribution in [0.15, 0.2) is 24.3 Å². The molecule has 0 saturated heterocycles. The van der Waals surface area contributed by atoms with E-state index in [1.54, 1.807) is 0 Å². The van der Waals surface area contributed by atoms with Crippen molar-refractivity contribution in [3.05, 3.63) is 30.1 Å². The van der Waals surface area contributed by atoms with Gasteiger partial charge in [0.15, 0.2) is 0 Å². The first-order chi connectivity index (χ1) is 10.2. The number of aromatic nitrogens is 2. The largest absolute Gasteiger partial charge is 0.475 e. The first-order valence-electron chi connectivity index (χ1n) is 7.44. The summed E-state index contributed by atoms with van der Waals surface area (Å²) in [5.41, 5.74) is 0.691. The number of fused-ring (bicyclic) bond motifs is 1. The summed E-state index contributed by atoms with van der Waals surface area (Å²) in [7, 11) is 0. The Morgan fingerprint density at radius 1 is 1.33 bits per heavy atom. The van der Waals surface area contributed by atoms with Gasteiger partial charge in [0.1, 0.15) is 5.82 Å². The van der Waals surface area contributed by atoms with Crippen molar-refractivity contribution in [2.45, 2.75) is 26.2 Å². The number of aromatic carboxylic acids is 1. The Balaban J connectivity index is 2.10. The Morgan fingerprint density at radius 2 is 2.10 bits per heavy atom. The highest BCUT2D eigenvalue weighted by Crippen LogP contribution is 2.33. The molecule has 0 unspecified atom stereocenters. The van der Waals surface area contributed by atoms with Crippen LogP contribution in [0.5, 0.6) is 0 Å². The first-order valence-corrected chi connectivity index (χ1v) is 7.44. The van der Waals surface area contributed by atoms with E-state index in [0.29, 0.717) is 5.52 Å². The number of hydrogen-bond donors (Lipinski definition) is 1. The molecule has 0 atom stereocenters. The van der Waals surface area contributed by atoms with Crippen LogP contribution in [0.2, 0.25) is 0 Å². The van der Waals surface area contributed by atoms with Crippen LogP contribution in [0.25, 0.3) is 10.9 Å². The predicted octanol–water partition coefficient (Wildman–Crippen LogP) is 2.95. The van der Waals surface area contributed by atoms with E-state index in [4.69, 9.17) is 0 Å². The van der Waals surface area contributed by atoms with E-state index in [9.17, 15) is 9.90 Å². The molecule has 1 aromatic carbocycles. The van der Waals surface area contributed by atoms with Crippen LogP contribution < -0.4 is 4.90 Å². The van der Waals surface area contributed by atoms with Gasteiger partial charge in [-0.15, -0.1) is 0 Å². The van der Waals surface area contributed by atoms with E-state index in [1.165, 1.54) is 12.8 Å². The summed E-state index contributed by atoms with van der Waals surface area (Å²) in [6.45, 7) is 3.96. The topological polar surface area (TPSA) is 66.3 Å². The molecule has 1 aromatic heterocycles. The van der Waals surface area contributed by atoms with Gasteiger partial charge in [-0.25, -0.2) is 14.8 Å². The molecule has 21 heavy (non-hydrogen) atoms. The van der Waals surface area contributed by atoms with Crippen molar-refractivity contribution in [3.63, 3.8) is 0 Å². The summed E-state index contributed by atoms with van der Waals surface area (Å²) in [5, 5.41) is 10.2. The predicted molar refractivity (Wildman–Crippen MR) is 81.7 cm³/mol. The molecule has 0 amide bonds. The van der Waals surface area contributed by atoms with E-state index in [1.807, 2.05) is 24.3 Å². The van der Waals surface area contributed by atoms with Gasteiger partial charge in [0.25, 0.3) is 0 Å². The highest BCUT2D eigenvalue weighted by molar-refractivity contribution is 5.93. The quantitative estimate of drug-likeness (QED) is 0.884. The SMILES string of the molecule is CCCN(CC1CC1)c1nc(C(=O)O)nc2ccccc12. The fourth-order valence-electron chi connectivity index (χ4n) is 2.56. The molecule has 0 spiro atoms. The smallest absolute Gasteiger partial charge is 0.374 e. The van der Waals surface area contributed by atoms with E-state index in [-0.39, 0.29) is 5.82 Å². The highest BCUT2D eigenvalue weighted by Gasteiger charge is 2.26. The van der Waals surface area contributed by atoms with Gasteiger partial charge >= 0.3 is 5.97 Å². The maximum absolute atomic E-state index is 11.3. The Labute approximate surface area is 123 Å². The van der Waals surface area contributed by atoms with Crippen LogP contribution in [0, 0.1) is 5.92 Å². The Kier molecular flexibility index (Phi) is 3.73. The van der Waals surface area contributed by atoms with Crippen molar-refractivity contribution in [3.8, 4) is 0 Å². The van der Waals surface area contributed by atoms with Crippen LogP contribution >= 0.6 is 0 Å². The minimum absolute atomic E-state index is 0.124. The second-order valence-corrected chi connectivity index (χ2v) is 5.58. The van der Waals surface area contributed by atoms with Gasteiger partial charge < -0.3 is 10.0 Å². The molecule has 5 heteroatoms. The summed E-state index contributed by atoms with van der Waals surface area (Å²) in [4.78, 5) is 21.9. The number of hydrogen-bond acceptors (Lipinski definition) is 4. The second kappa shape index (κ2) is 5.68. The molecular formula is C16H19N3O2. The molecule has 0 bridgehead atoms. The van der Waals surface area contributed by atoms with Crippen molar-refractivity contribution < 1.29 is 9.90 Å². The Morgan fingerprint density at radius 3 is 2.76 bits per heavy atom. The molecule has 0 radical (unpaired) electrons. The number of para-hydroxylation sites is 1. The monoisotopic (exact) mass is 285 g/mol. The molecule has 1 aliphatic rings. The van der Waals surface area contributed by atoms with Crippen LogP contribution in [0.4, 0.5) is 5.82 Å². The fourth-order valence-corrected chi connectivity index (χ4v) is 2.56. The average Bonchev–Trinajstić information content (AvgIpc) is 3.29. The maximum Gasteiger partial charge on any atom is 0.374 e. The van der Waals surface area contributed by atoms with Gasteiger partial charge in [0, 0.05) is 18.5 Å². The molecule has 3 rings (SSSR count). The summed E-state index contributed by atoms with van der Waals surface area (Å²) in [6.07, 6.45) is 3.53. The Bertz CT molecular complexity index is 668. The molecule has 1 N–H and O–H groups in total. The van der Waals surface area contributed by atoms with Gasteiger partial charge in [0.05, 0.1) is 5.52 Å². The number of carbonyl (C=O) groups is 1. The highest BCUT2D eigenvalue weighted by atomic mass is 16.4. The third kappa shape index (κ3) is 2.96. The average molecular weight is 285 g/mol. The molecule has 1 aliphatic carbocycles. The number of rotatable bonds is 6. The Hall–Kier alpha value is -2.17. The van der Waals surface area contributed by atoms with E-state index in [2.05, 4.69) is 21.8 Å². The molecule has 1 saturated carbocycles. The third-order valence-corrected chi connectivity index (χ3v) is 3.74. The number of benzene rings is 1. The molecule has 110 valence electrons. The van der Waals surface area contributed by atoms with E-state index < -0.39 is 5.97 Å². The lowest BCUT2D eigenvalue weighted by Crippen LogP contribution is -2.28. The number of anilines is 1. The van der Waals surface area contributed by atoms with Crippen molar-refractivity contribution in [1.82, 2.24) is 9.97 Å². The van der Waals surface area contributed by atoms with Crippen LogP contribution in [-0.2, 0) is 0 Å². The number of carboxylic acid groups (broad SMARTS) is 1. The van der Waals surface area contributed by atoms with Crippen molar-refractivity contribution in [2.24, 2.45) is 5.92 Å². The van der Waals surface area contributed by atoms with Gasteiger partial charge in [-0.3, -0.25) is 0 Å². The van der Waals surface area contributed by atoms with E-state index >= 15 is 0 Å². The number of nitrogens with zero attached hydrogens (tertiary/aromatic N) is 3. The molecule has 0 aliphatic heterocycles. The summed E-state index contributed by atoms with van der Waals surface area (Å²) >= 11 is 0. The summed E-state index contributed by atoms with van der Waals surface area (Å²) in [5.74, 6) is 0.274. The fraction of sp³-hybridized carbons (Fsp3) is 0.438. The molecule has 1 heterocycles. The zero-order chi connectivity index (χ0) is 14.8. The molecule has 1 fully saturated rings. The van der Waals surface area contributed by atoms with Gasteiger partial charge in [-0.05, 0) is 37.3 Å². The first kappa shape index (κ1) is 13.8. The molecular weight excluding hydrogens is 266 g/mol. The van der Waals surface area contributed by atoms with Gasteiger partial charge in [-0.1, -0.05) is 19.1 Å². The standard InChI is InChI=1S/C16H19N3O2/c1-2-9-19(10-11-7-8-11)15-12-5-3-4-6-13(12)17-14(18-15)16(20)21/h3-6,11H,2,7-10H2,1H3,(H,20,21). The summed E-state index contributed by atoms with van der Waals surface area (Å²) < 4.78 is 0. The minimum atomic E-state index is -1.08. The zero-order valence-electron chi connectivity index (χ0n) is 12.1. The van der Waals surface area contributed by atoms with Crippen molar-refractivity contribution in [1.29, 1.82) is 0 Å². The van der Waals surface area contributed by atoms with Gasteiger partial charge in [0.2, 0.25) is 5.82 Å². The summed E-state index contributed by atoms with van der Waals surface area (Å²) in [6, 6.07) is 7.62. The van der Waals surface area contributed by atoms with Crippen LogP contribution in [-0.4, -0.2) is 34.1 Å². The molecule has 5 nitrogen and oxygen atoms in total. The van der Waals surface area contributed by atoms with Crippen molar-refractivity contribution in [2.75, 3.05) is 18.0 Å². The normalized spacial score (nSPS) is 14.3. The van der Waals surface area contributed by atoms with Crippen molar-refractivity contribution >= 4 is 22.7 Å². The van der Waals surface area contributed by atoms with E-state index in [0.717, 1.165) is 36.6 Å². The maximum atomic E-state index is 11.3. The lowest BCUT2D eigenvalue weighted by molar-refractivity contribution is 0.0684. The number of carboxylic acids is 1. The van der Waals surface area contributed by atoms with Crippen LogP contribution in [0.3, 0.4) is 0 Å². The second-order valence-electron chi connectivity index (χ2n) is 5.58. The lowest BCUT2D eigenvalue weighted by Gasteiger charge is -2.24. The van der Waals surface area contributed by atoms with Crippen LogP contribution in [0.1, 0.15) is 36.8 Å². The minimum Gasteiger partial charge on any atom is -0.475 e.